The number of carbonyl (C=O) groups excluding carboxylic acids is 2. The standard InChI is InChI=1S/C13H25N3O4/c1-8(2)11(17)5-9-4-10(15-13(19)20-3)7-16(6-9)12(14)18/h8-11,17H,4-7H2,1-3H3,(H2,14,18)(H,15,19). The molecule has 1 aliphatic heterocycles. The first-order valence-corrected chi connectivity index (χ1v) is 6.90. The number of aliphatic hydroxyl groups is 1. The summed E-state index contributed by atoms with van der Waals surface area (Å²) in [6.07, 6.45) is 0.333. The van der Waals surface area contributed by atoms with Gasteiger partial charge in [0.15, 0.2) is 0 Å². The van der Waals surface area contributed by atoms with Crippen LogP contribution in [0.15, 0.2) is 0 Å². The van der Waals surface area contributed by atoms with Crippen molar-refractivity contribution in [3.05, 3.63) is 0 Å². The molecule has 7 nitrogen and oxygen atoms in total. The van der Waals surface area contributed by atoms with Gasteiger partial charge >= 0.3 is 12.1 Å². The van der Waals surface area contributed by atoms with Gasteiger partial charge in [0.05, 0.1) is 19.3 Å². The maximum atomic E-state index is 11.4. The second-order valence-corrected chi connectivity index (χ2v) is 5.72. The van der Waals surface area contributed by atoms with Crippen LogP contribution in [0.4, 0.5) is 9.59 Å². The van der Waals surface area contributed by atoms with Gasteiger partial charge in [0.2, 0.25) is 0 Å². The molecule has 3 atom stereocenters. The molecule has 0 aromatic carbocycles. The Bertz CT molecular complexity index is 349. The number of rotatable bonds is 4. The second kappa shape index (κ2) is 7.33. The third kappa shape index (κ3) is 4.88. The number of ether oxygens (including phenoxy) is 1. The Kier molecular flexibility index (Phi) is 6.06. The number of hydrogen-bond donors (Lipinski definition) is 3. The molecule has 0 radical (unpaired) electrons. The lowest BCUT2D eigenvalue weighted by atomic mass is 9.87. The van der Waals surface area contributed by atoms with E-state index in [2.05, 4.69) is 10.1 Å². The second-order valence-electron chi connectivity index (χ2n) is 5.72. The van der Waals surface area contributed by atoms with Crippen molar-refractivity contribution >= 4 is 12.1 Å². The molecule has 0 aromatic heterocycles. The number of piperidine rings is 1. The number of likely N-dealkylation sites (tertiary alicyclic amines) is 1. The van der Waals surface area contributed by atoms with Gasteiger partial charge in [-0.2, -0.15) is 0 Å². The molecule has 1 saturated heterocycles. The third-order valence-electron chi connectivity index (χ3n) is 3.70. The van der Waals surface area contributed by atoms with Crippen LogP contribution in [0.1, 0.15) is 26.7 Å². The molecule has 116 valence electrons. The molecule has 0 aromatic rings. The lowest BCUT2D eigenvalue weighted by Crippen LogP contribution is -2.54. The van der Waals surface area contributed by atoms with E-state index in [1.54, 1.807) is 0 Å². The van der Waals surface area contributed by atoms with Crippen molar-refractivity contribution in [1.82, 2.24) is 10.2 Å². The number of carbonyl (C=O) groups is 2. The summed E-state index contributed by atoms with van der Waals surface area (Å²) in [6, 6.07) is -0.710. The summed E-state index contributed by atoms with van der Waals surface area (Å²) in [5.41, 5.74) is 5.33. The van der Waals surface area contributed by atoms with Crippen molar-refractivity contribution < 1.29 is 19.4 Å². The molecule has 0 aliphatic carbocycles. The first kappa shape index (κ1) is 16.6. The van der Waals surface area contributed by atoms with Gasteiger partial charge in [-0.3, -0.25) is 0 Å². The molecular formula is C13H25N3O4. The van der Waals surface area contributed by atoms with E-state index in [4.69, 9.17) is 5.73 Å². The van der Waals surface area contributed by atoms with Crippen molar-refractivity contribution in [3.8, 4) is 0 Å². The molecule has 20 heavy (non-hydrogen) atoms. The topological polar surface area (TPSA) is 105 Å². The summed E-state index contributed by atoms with van der Waals surface area (Å²) < 4.78 is 4.57. The maximum absolute atomic E-state index is 11.4. The molecule has 0 spiro atoms. The Morgan fingerprint density at radius 2 is 2.10 bits per heavy atom. The molecule has 3 amide bonds. The first-order chi connectivity index (χ1) is 9.33. The van der Waals surface area contributed by atoms with Gasteiger partial charge in [0.1, 0.15) is 0 Å². The Hall–Kier alpha value is -1.50. The van der Waals surface area contributed by atoms with Gasteiger partial charge in [-0.15, -0.1) is 0 Å². The van der Waals surface area contributed by atoms with Crippen LogP contribution in [-0.2, 0) is 4.74 Å². The first-order valence-electron chi connectivity index (χ1n) is 6.90. The highest BCUT2D eigenvalue weighted by Crippen LogP contribution is 2.23. The molecule has 0 saturated carbocycles. The van der Waals surface area contributed by atoms with Crippen LogP contribution in [0.25, 0.3) is 0 Å². The van der Waals surface area contributed by atoms with Gasteiger partial charge in [0.25, 0.3) is 0 Å². The van der Waals surface area contributed by atoms with Gasteiger partial charge in [-0.1, -0.05) is 13.8 Å². The largest absolute Gasteiger partial charge is 0.453 e. The van der Waals surface area contributed by atoms with Crippen LogP contribution in [0.2, 0.25) is 0 Å². The predicted octanol–water partition coefficient (Wildman–Crippen LogP) is 0.519. The smallest absolute Gasteiger partial charge is 0.407 e. The van der Waals surface area contributed by atoms with Crippen LogP contribution in [0.3, 0.4) is 0 Å². The molecule has 0 bridgehead atoms. The van der Waals surface area contributed by atoms with E-state index in [0.29, 0.717) is 25.9 Å². The highest BCUT2D eigenvalue weighted by molar-refractivity contribution is 5.72. The van der Waals surface area contributed by atoms with E-state index in [0.717, 1.165) is 0 Å². The number of nitrogens with two attached hydrogens (primary N) is 1. The predicted molar refractivity (Wildman–Crippen MR) is 74.1 cm³/mol. The number of nitrogens with one attached hydrogen (secondary N) is 1. The Balaban J connectivity index is 2.65. The van der Waals surface area contributed by atoms with E-state index in [1.165, 1.54) is 12.0 Å². The number of urea groups is 1. The third-order valence-corrected chi connectivity index (χ3v) is 3.70. The van der Waals surface area contributed by atoms with Gasteiger partial charge < -0.3 is 25.8 Å². The van der Waals surface area contributed by atoms with Crippen molar-refractivity contribution in [2.24, 2.45) is 17.6 Å². The van der Waals surface area contributed by atoms with Crippen LogP contribution in [0, 0.1) is 11.8 Å². The average Bonchev–Trinajstić information content (AvgIpc) is 2.37. The fourth-order valence-corrected chi connectivity index (χ4v) is 2.50. The Morgan fingerprint density at radius 1 is 1.45 bits per heavy atom. The van der Waals surface area contributed by atoms with Crippen LogP contribution in [-0.4, -0.2) is 54.5 Å². The molecule has 4 N–H and O–H groups in total. The van der Waals surface area contributed by atoms with Crippen molar-refractivity contribution in [3.63, 3.8) is 0 Å². The summed E-state index contributed by atoms with van der Waals surface area (Å²) in [6.45, 7) is 4.78. The molecular weight excluding hydrogens is 262 g/mol. The van der Waals surface area contributed by atoms with Crippen molar-refractivity contribution in [2.75, 3.05) is 20.2 Å². The van der Waals surface area contributed by atoms with E-state index >= 15 is 0 Å². The normalized spacial score (nSPS) is 24.4. The van der Waals surface area contributed by atoms with Crippen LogP contribution >= 0.6 is 0 Å². The number of methoxy groups -OCH3 is 1. The van der Waals surface area contributed by atoms with Gasteiger partial charge in [-0.05, 0) is 24.7 Å². The lowest BCUT2D eigenvalue weighted by Gasteiger charge is -2.38. The summed E-state index contributed by atoms with van der Waals surface area (Å²) >= 11 is 0. The van der Waals surface area contributed by atoms with E-state index in [-0.39, 0.29) is 17.9 Å². The SMILES string of the molecule is COC(=O)NC1CC(CC(O)C(C)C)CN(C(N)=O)C1. The molecule has 7 heteroatoms. The summed E-state index contributed by atoms with van der Waals surface area (Å²) in [7, 11) is 1.30. The fraction of sp³-hybridized carbons (Fsp3) is 0.846. The lowest BCUT2D eigenvalue weighted by molar-refractivity contribution is 0.0695. The van der Waals surface area contributed by atoms with Crippen molar-refractivity contribution in [2.45, 2.75) is 38.8 Å². The number of amides is 3. The molecule has 3 unspecified atom stereocenters. The Morgan fingerprint density at radius 3 is 2.60 bits per heavy atom. The minimum Gasteiger partial charge on any atom is -0.453 e. The zero-order chi connectivity index (χ0) is 15.3. The van der Waals surface area contributed by atoms with E-state index in [1.807, 2.05) is 13.8 Å². The summed E-state index contributed by atoms with van der Waals surface area (Å²) in [5.74, 6) is 0.266. The monoisotopic (exact) mass is 287 g/mol. The van der Waals surface area contributed by atoms with Gasteiger partial charge in [-0.25, -0.2) is 9.59 Å². The summed E-state index contributed by atoms with van der Waals surface area (Å²) in [5, 5.41) is 12.7. The quantitative estimate of drug-likeness (QED) is 0.701. The van der Waals surface area contributed by atoms with Crippen LogP contribution < -0.4 is 11.1 Å². The average molecular weight is 287 g/mol. The molecule has 1 aliphatic rings. The number of aliphatic hydroxyl groups excluding tert-OH is 1. The van der Waals surface area contributed by atoms with Gasteiger partial charge in [0, 0.05) is 13.1 Å². The molecule has 1 heterocycles. The number of primary amides is 1. The number of alkyl carbamates (subject to hydrolysis) is 1. The highest BCUT2D eigenvalue weighted by Gasteiger charge is 2.31. The molecule has 1 fully saturated rings. The molecule has 1 rings (SSSR count). The van der Waals surface area contributed by atoms with Crippen LogP contribution in [0.5, 0.6) is 0 Å². The van der Waals surface area contributed by atoms with Crippen molar-refractivity contribution in [1.29, 1.82) is 0 Å². The number of hydrogen-bond acceptors (Lipinski definition) is 4. The Labute approximate surface area is 119 Å². The zero-order valence-electron chi connectivity index (χ0n) is 12.3. The van der Waals surface area contributed by atoms with E-state index < -0.39 is 18.2 Å². The summed E-state index contributed by atoms with van der Waals surface area (Å²) in [4.78, 5) is 24.1. The zero-order valence-corrected chi connectivity index (χ0v) is 12.3. The fourth-order valence-electron chi connectivity index (χ4n) is 2.50. The minimum absolute atomic E-state index is 0.107. The van der Waals surface area contributed by atoms with E-state index in [9.17, 15) is 14.7 Å². The minimum atomic E-state index is -0.524. The number of nitrogens with zero attached hydrogens (tertiary/aromatic N) is 1. The maximum Gasteiger partial charge on any atom is 0.407 e. The highest BCUT2D eigenvalue weighted by atomic mass is 16.5.